The van der Waals surface area contributed by atoms with Crippen LogP contribution in [0.3, 0.4) is 0 Å². The van der Waals surface area contributed by atoms with Gasteiger partial charge in [0, 0.05) is 6.04 Å². The van der Waals surface area contributed by atoms with Crippen molar-refractivity contribution in [1.82, 2.24) is 0 Å². The minimum atomic E-state index is 0.478. The third kappa shape index (κ3) is 7.34. The topological polar surface area (TPSA) is 26.0 Å². The molecule has 1 atom stereocenters. The maximum atomic E-state index is 6.40. The minimum Gasteiger partial charge on any atom is -0.327 e. The van der Waals surface area contributed by atoms with E-state index in [4.69, 9.17) is 5.73 Å². The van der Waals surface area contributed by atoms with Gasteiger partial charge in [-0.25, -0.2) is 0 Å². The van der Waals surface area contributed by atoms with Crippen LogP contribution in [0.15, 0.2) is 0 Å². The summed E-state index contributed by atoms with van der Waals surface area (Å²) in [5.74, 6) is 0.813. The van der Waals surface area contributed by atoms with E-state index in [-0.39, 0.29) is 0 Å². The standard InChI is InChI=1S/C18H37N/c1-4-5-6-7-8-9-10-11-17(19)16-12-14-18(2,3)15-13-16/h16-17H,4-15,19H2,1-3H3. The second-order valence-corrected chi connectivity index (χ2v) is 7.58. The highest BCUT2D eigenvalue weighted by Crippen LogP contribution is 2.39. The number of unbranched alkanes of at least 4 members (excludes halogenated alkanes) is 6. The summed E-state index contributed by atoms with van der Waals surface area (Å²) in [6, 6.07) is 0.478. The summed E-state index contributed by atoms with van der Waals surface area (Å²) in [5, 5.41) is 0. The summed E-state index contributed by atoms with van der Waals surface area (Å²) in [6.07, 6.45) is 16.5. The molecule has 0 spiro atoms. The molecule has 0 aromatic rings. The Bertz CT molecular complexity index is 212. The molecule has 1 nitrogen and oxygen atoms in total. The number of nitrogens with two attached hydrogens (primary N) is 1. The van der Waals surface area contributed by atoms with Crippen molar-refractivity contribution in [3.8, 4) is 0 Å². The molecular weight excluding hydrogens is 230 g/mol. The van der Waals surface area contributed by atoms with Crippen molar-refractivity contribution in [2.75, 3.05) is 0 Å². The zero-order chi connectivity index (χ0) is 14.1. The van der Waals surface area contributed by atoms with Gasteiger partial charge in [0.1, 0.15) is 0 Å². The van der Waals surface area contributed by atoms with Crippen molar-refractivity contribution >= 4 is 0 Å². The highest BCUT2D eigenvalue weighted by molar-refractivity contribution is 4.83. The zero-order valence-corrected chi connectivity index (χ0v) is 13.7. The van der Waals surface area contributed by atoms with Crippen LogP contribution in [-0.4, -0.2) is 6.04 Å². The molecule has 2 N–H and O–H groups in total. The van der Waals surface area contributed by atoms with E-state index in [0.717, 1.165) is 5.92 Å². The van der Waals surface area contributed by atoms with Gasteiger partial charge in [0.15, 0.2) is 0 Å². The Hall–Kier alpha value is -0.0400. The highest BCUT2D eigenvalue weighted by Gasteiger charge is 2.29. The molecule has 1 rings (SSSR count). The molecule has 1 saturated carbocycles. The average Bonchev–Trinajstić information content (AvgIpc) is 2.37. The zero-order valence-electron chi connectivity index (χ0n) is 13.7. The van der Waals surface area contributed by atoms with Crippen LogP contribution in [0.25, 0.3) is 0 Å². The molecule has 19 heavy (non-hydrogen) atoms. The van der Waals surface area contributed by atoms with Crippen LogP contribution < -0.4 is 5.73 Å². The van der Waals surface area contributed by atoms with Gasteiger partial charge >= 0.3 is 0 Å². The summed E-state index contributed by atoms with van der Waals surface area (Å²) in [6.45, 7) is 7.10. The van der Waals surface area contributed by atoms with E-state index in [1.807, 2.05) is 0 Å². The lowest BCUT2D eigenvalue weighted by molar-refractivity contribution is 0.169. The van der Waals surface area contributed by atoms with E-state index in [1.165, 1.54) is 77.0 Å². The third-order valence-electron chi connectivity index (χ3n) is 5.13. The second kappa shape index (κ2) is 9.00. The Labute approximate surface area is 121 Å². The van der Waals surface area contributed by atoms with Gasteiger partial charge < -0.3 is 5.73 Å². The first kappa shape index (κ1) is 17.0. The van der Waals surface area contributed by atoms with Crippen molar-refractivity contribution in [3.05, 3.63) is 0 Å². The molecule has 1 aliphatic rings. The largest absolute Gasteiger partial charge is 0.327 e. The Morgan fingerprint density at radius 2 is 1.47 bits per heavy atom. The van der Waals surface area contributed by atoms with E-state index in [9.17, 15) is 0 Å². The van der Waals surface area contributed by atoms with Crippen LogP contribution in [0.4, 0.5) is 0 Å². The number of hydrogen-bond acceptors (Lipinski definition) is 1. The van der Waals surface area contributed by atoms with E-state index in [0.29, 0.717) is 11.5 Å². The molecule has 1 aliphatic carbocycles. The van der Waals surface area contributed by atoms with Gasteiger partial charge in [-0.3, -0.25) is 0 Å². The van der Waals surface area contributed by atoms with Crippen LogP contribution in [0.2, 0.25) is 0 Å². The molecule has 0 aromatic heterocycles. The first-order valence-electron chi connectivity index (χ1n) is 8.81. The monoisotopic (exact) mass is 267 g/mol. The molecule has 0 bridgehead atoms. The first-order chi connectivity index (χ1) is 9.05. The Kier molecular flexibility index (Phi) is 8.06. The lowest BCUT2D eigenvalue weighted by Crippen LogP contribution is -2.34. The van der Waals surface area contributed by atoms with Crippen molar-refractivity contribution in [2.24, 2.45) is 17.1 Å². The quantitative estimate of drug-likeness (QED) is 0.535. The molecule has 0 heterocycles. The maximum Gasteiger partial charge on any atom is 0.00671 e. The molecule has 0 radical (unpaired) electrons. The summed E-state index contributed by atoms with van der Waals surface area (Å²) < 4.78 is 0. The Morgan fingerprint density at radius 3 is 2.05 bits per heavy atom. The molecule has 0 aliphatic heterocycles. The van der Waals surface area contributed by atoms with Crippen LogP contribution in [-0.2, 0) is 0 Å². The summed E-state index contributed by atoms with van der Waals surface area (Å²) >= 11 is 0. The van der Waals surface area contributed by atoms with Crippen molar-refractivity contribution in [1.29, 1.82) is 0 Å². The van der Waals surface area contributed by atoms with E-state index in [2.05, 4.69) is 20.8 Å². The first-order valence-corrected chi connectivity index (χ1v) is 8.81. The van der Waals surface area contributed by atoms with Crippen LogP contribution in [0.5, 0.6) is 0 Å². The van der Waals surface area contributed by atoms with Crippen molar-refractivity contribution < 1.29 is 0 Å². The van der Waals surface area contributed by atoms with Crippen LogP contribution in [0.1, 0.15) is 97.8 Å². The average molecular weight is 268 g/mol. The lowest BCUT2D eigenvalue weighted by atomic mass is 9.70. The molecule has 1 heteroatoms. The second-order valence-electron chi connectivity index (χ2n) is 7.58. The summed E-state index contributed by atoms with van der Waals surface area (Å²) in [5.41, 5.74) is 6.98. The number of rotatable bonds is 9. The summed E-state index contributed by atoms with van der Waals surface area (Å²) in [7, 11) is 0. The third-order valence-corrected chi connectivity index (χ3v) is 5.13. The minimum absolute atomic E-state index is 0.478. The molecule has 1 unspecified atom stereocenters. The Balaban J connectivity index is 2.00. The van der Waals surface area contributed by atoms with E-state index in [1.54, 1.807) is 0 Å². The lowest BCUT2D eigenvalue weighted by Gasteiger charge is -2.36. The van der Waals surface area contributed by atoms with Gasteiger partial charge in [0.2, 0.25) is 0 Å². The SMILES string of the molecule is CCCCCCCCCC(N)C1CCC(C)(C)CC1. The van der Waals surface area contributed by atoms with Gasteiger partial charge in [-0.15, -0.1) is 0 Å². The van der Waals surface area contributed by atoms with Gasteiger partial charge in [-0.1, -0.05) is 65.7 Å². The van der Waals surface area contributed by atoms with Crippen LogP contribution in [0, 0.1) is 11.3 Å². The molecule has 114 valence electrons. The van der Waals surface area contributed by atoms with Gasteiger partial charge in [0.05, 0.1) is 0 Å². The predicted molar refractivity (Wildman–Crippen MR) is 86.3 cm³/mol. The fourth-order valence-electron chi connectivity index (χ4n) is 3.42. The molecule has 1 fully saturated rings. The van der Waals surface area contributed by atoms with E-state index >= 15 is 0 Å². The molecule has 0 aromatic carbocycles. The van der Waals surface area contributed by atoms with Gasteiger partial charge in [-0.05, 0) is 43.4 Å². The Morgan fingerprint density at radius 1 is 0.947 bits per heavy atom. The van der Waals surface area contributed by atoms with Gasteiger partial charge in [-0.2, -0.15) is 0 Å². The van der Waals surface area contributed by atoms with Crippen molar-refractivity contribution in [2.45, 2.75) is 104 Å². The van der Waals surface area contributed by atoms with Crippen LogP contribution >= 0.6 is 0 Å². The fraction of sp³-hybridized carbons (Fsp3) is 1.00. The van der Waals surface area contributed by atoms with Gasteiger partial charge in [0.25, 0.3) is 0 Å². The molecule has 0 saturated heterocycles. The maximum absolute atomic E-state index is 6.40. The number of hydrogen-bond donors (Lipinski definition) is 1. The highest BCUT2D eigenvalue weighted by atomic mass is 14.7. The fourth-order valence-corrected chi connectivity index (χ4v) is 3.42. The smallest absolute Gasteiger partial charge is 0.00671 e. The molecular formula is C18H37N. The molecule has 0 amide bonds. The summed E-state index contributed by atoms with van der Waals surface area (Å²) in [4.78, 5) is 0. The van der Waals surface area contributed by atoms with E-state index < -0.39 is 0 Å². The van der Waals surface area contributed by atoms with Crippen molar-refractivity contribution in [3.63, 3.8) is 0 Å². The predicted octanol–water partition coefficient (Wildman–Crippen LogP) is 5.67. The normalized spacial score (nSPS) is 21.5.